The Hall–Kier alpha value is -1.35. The van der Waals surface area contributed by atoms with Gasteiger partial charge in [0.05, 0.1) is 16.7 Å². The molecule has 0 radical (unpaired) electrons. The molecule has 1 aliphatic rings. The van der Waals surface area contributed by atoms with E-state index >= 15 is 0 Å². The van der Waals surface area contributed by atoms with Crippen molar-refractivity contribution >= 4 is 10.9 Å². The second kappa shape index (κ2) is 2.83. The third kappa shape index (κ3) is 1.13. The molecule has 1 aromatic carbocycles. The van der Waals surface area contributed by atoms with Gasteiger partial charge in [0.2, 0.25) is 0 Å². The summed E-state index contributed by atoms with van der Waals surface area (Å²) < 4.78 is 1.95. The van der Waals surface area contributed by atoms with Crippen LogP contribution in [0.1, 0.15) is 25.0 Å². The van der Waals surface area contributed by atoms with E-state index in [-0.39, 0.29) is 5.54 Å². The monoisotopic (exact) mass is 201 g/mol. The fourth-order valence-corrected chi connectivity index (χ4v) is 2.53. The van der Waals surface area contributed by atoms with Gasteiger partial charge in [-0.15, -0.1) is 0 Å². The van der Waals surface area contributed by atoms with Crippen molar-refractivity contribution in [2.45, 2.75) is 24.8 Å². The van der Waals surface area contributed by atoms with Crippen molar-refractivity contribution in [2.24, 2.45) is 12.8 Å². The first-order valence-electron chi connectivity index (χ1n) is 5.42. The highest BCUT2D eigenvalue weighted by Gasteiger charge is 2.38. The Bertz CT molecular complexity index is 509. The number of aryl methyl sites for hydroxylation is 1. The van der Waals surface area contributed by atoms with Crippen LogP contribution in [0.3, 0.4) is 0 Å². The highest BCUT2D eigenvalue weighted by Crippen LogP contribution is 2.41. The molecule has 0 atom stereocenters. The summed E-state index contributed by atoms with van der Waals surface area (Å²) in [4.78, 5) is 0. The zero-order chi connectivity index (χ0) is 10.5. The van der Waals surface area contributed by atoms with Crippen LogP contribution in [0.5, 0.6) is 0 Å². The Kier molecular flexibility index (Phi) is 1.68. The molecule has 2 N–H and O–H groups in total. The lowest BCUT2D eigenvalue weighted by atomic mass is 9.74. The normalized spacial score (nSPS) is 19.1. The summed E-state index contributed by atoms with van der Waals surface area (Å²) in [5, 5.41) is 5.71. The van der Waals surface area contributed by atoms with Crippen LogP contribution in [0, 0.1) is 0 Å². The highest BCUT2D eigenvalue weighted by atomic mass is 15.3. The van der Waals surface area contributed by atoms with Gasteiger partial charge in [-0.25, -0.2) is 0 Å². The van der Waals surface area contributed by atoms with Crippen molar-refractivity contribution in [1.82, 2.24) is 9.78 Å². The summed E-state index contributed by atoms with van der Waals surface area (Å²) in [5.41, 5.74) is 8.49. The molecule has 2 aromatic rings. The van der Waals surface area contributed by atoms with Crippen molar-refractivity contribution < 1.29 is 0 Å². The van der Waals surface area contributed by atoms with E-state index in [1.807, 2.05) is 23.9 Å². The average molecular weight is 201 g/mol. The SMILES string of the molecule is Cn1nc2ccccc2c1C1(N)CCC1. The van der Waals surface area contributed by atoms with E-state index in [2.05, 4.69) is 17.2 Å². The van der Waals surface area contributed by atoms with Crippen molar-refractivity contribution in [3.8, 4) is 0 Å². The summed E-state index contributed by atoms with van der Waals surface area (Å²) in [6.45, 7) is 0. The largest absolute Gasteiger partial charge is 0.320 e. The third-order valence-corrected chi connectivity index (χ3v) is 3.46. The lowest BCUT2D eigenvalue weighted by Gasteiger charge is -2.38. The molecule has 0 unspecified atom stereocenters. The molecule has 15 heavy (non-hydrogen) atoms. The Labute approximate surface area is 88.9 Å². The van der Waals surface area contributed by atoms with Gasteiger partial charge in [0.25, 0.3) is 0 Å². The van der Waals surface area contributed by atoms with E-state index in [9.17, 15) is 0 Å². The molecule has 3 heteroatoms. The van der Waals surface area contributed by atoms with E-state index in [1.54, 1.807) is 0 Å². The number of hydrogen-bond acceptors (Lipinski definition) is 2. The van der Waals surface area contributed by atoms with Crippen LogP contribution in [-0.2, 0) is 12.6 Å². The van der Waals surface area contributed by atoms with Gasteiger partial charge in [0, 0.05) is 12.4 Å². The van der Waals surface area contributed by atoms with Crippen molar-refractivity contribution in [2.75, 3.05) is 0 Å². The van der Waals surface area contributed by atoms with Crippen LogP contribution in [-0.4, -0.2) is 9.78 Å². The van der Waals surface area contributed by atoms with E-state index in [0.29, 0.717) is 0 Å². The molecule has 1 aromatic heterocycles. The van der Waals surface area contributed by atoms with Crippen LogP contribution < -0.4 is 5.73 Å². The molecule has 1 aliphatic carbocycles. The van der Waals surface area contributed by atoms with E-state index in [4.69, 9.17) is 5.73 Å². The molecular weight excluding hydrogens is 186 g/mol. The van der Waals surface area contributed by atoms with Gasteiger partial charge in [0.15, 0.2) is 0 Å². The smallest absolute Gasteiger partial charge is 0.0926 e. The fourth-order valence-electron chi connectivity index (χ4n) is 2.53. The molecule has 0 saturated heterocycles. The number of fused-ring (bicyclic) bond motifs is 1. The topological polar surface area (TPSA) is 43.8 Å². The zero-order valence-electron chi connectivity index (χ0n) is 8.90. The van der Waals surface area contributed by atoms with Crippen LogP contribution in [0.4, 0.5) is 0 Å². The predicted molar refractivity (Wildman–Crippen MR) is 60.4 cm³/mol. The number of benzene rings is 1. The first-order chi connectivity index (χ1) is 7.21. The lowest BCUT2D eigenvalue weighted by Crippen LogP contribution is -2.44. The lowest BCUT2D eigenvalue weighted by molar-refractivity contribution is 0.240. The summed E-state index contributed by atoms with van der Waals surface area (Å²) in [5.74, 6) is 0. The van der Waals surface area contributed by atoms with Gasteiger partial charge in [-0.2, -0.15) is 5.10 Å². The second-order valence-corrected chi connectivity index (χ2v) is 4.50. The Balaban J connectivity index is 2.29. The number of nitrogens with two attached hydrogens (primary N) is 1. The molecule has 0 aliphatic heterocycles. The number of hydrogen-bond donors (Lipinski definition) is 1. The van der Waals surface area contributed by atoms with Gasteiger partial charge in [-0.1, -0.05) is 18.2 Å². The zero-order valence-corrected chi connectivity index (χ0v) is 8.90. The highest BCUT2D eigenvalue weighted by molar-refractivity contribution is 5.82. The Morgan fingerprint density at radius 3 is 2.73 bits per heavy atom. The Morgan fingerprint density at radius 1 is 1.33 bits per heavy atom. The number of aromatic nitrogens is 2. The van der Waals surface area contributed by atoms with Crippen LogP contribution >= 0.6 is 0 Å². The summed E-state index contributed by atoms with van der Waals surface area (Å²) in [6.07, 6.45) is 3.39. The molecular formula is C12H15N3. The van der Waals surface area contributed by atoms with E-state index in [1.165, 1.54) is 17.5 Å². The fraction of sp³-hybridized carbons (Fsp3) is 0.417. The van der Waals surface area contributed by atoms with Gasteiger partial charge >= 0.3 is 0 Å². The summed E-state index contributed by atoms with van der Waals surface area (Å²) in [7, 11) is 1.99. The number of rotatable bonds is 1. The maximum Gasteiger partial charge on any atom is 0.0926 e. The van der Waals surface area contributed by atoms with Crippen molar-refractivity contribution in [1.29, 1.82) is 0 Å². The van der Waals surface area contributed by atoms with Gasteiger partial charge in [-0.3, -0.25) is 4.68 Å². The van der Waals surface area contributed by atoms with E-state index < -0.39 is 0 Å². The quantitative estimate of drug-likeness (QED) is 0.766. The minimum Gasteiger partial charge on any atom is -0.320 e. The average Bonchev–Trinajstić information content (AvgIpc) is 2.51. The standard InChI is InChI=1S/C12H15N3/c1-15-11(12(13)7-4-8-12)9-5-2-3-6-10(9)14-15/h2-3,5-6H,4,7-8,13H2,1H3. The first kappa shape index (κ1) is 8.92. The molecule has 1 fully saturated rings. The van der Waals surface area contributed by atoms with Crippen molar-refractivity contribution in [3.63, 3.8) is 0 Å². The maximum absolute atomic E-state index is 6.37. The first-order valence-corrected chi connectivity index (χ1v) is 5.42. The molecule has 1 heterocycles. The van der Waals surface area contributed by atoms with Gasteiger partial charge in [0.1, 0.15) is 0 Å². The minimum atomic E-state index is -0.134. The van der Waals surface area contributed by atoms with Crippen LogP contribution in [0.25, 0.3) is 10.9 Å². The minimum absolute atomic E-state index is 0.134. The van der Waals surface area contributed by atoms with Crippen LogP contribution in [0.15, 0.2) is 24.3 Å². The third-order valence-electron chi connectivity index (χ3n) is 3.46. The Morgan fingerprint density at radius 2 is 2.07 bits per heavy atom. The molecule has 3 rings (SSSR count). The van der Waals surface area contributed by atoms with E-state index in [0.717, 1.165) is 18.4 Å². The van der Waals surface area contributed by atoms with Gasteiger partial charge < -0.3 is 5.73 Å². The number of nitrogens with zero attached hydrogens (tertiary/aromatic N) is 2. The molecule has 3 nitrogen and oxygen atoms in total. The van der Waals surface area contributed by atoms with Crippen LogP contribution in [0.2, 0.25) is 0 Å². The summed E-state index contributed by atoms with van der Waals surface area (Å²) >= 11 is 0. The molecule has 78 valence electrons. The molecule has 0 amide bonds. The molecule has 0 bridgehead atoms. The predicted octanol–water partition coefficient (Wildman–Crippen LogP) is 1.91. The second-order valence-electron chi connectivity index (χ2n) is 4.50. The molecule has 1 saturated carbocycles. The maximum atomic E-state index is 6.37. The van der Waals surface area contributed by atoms with Gasteiger partial charge in [-0.05, 0) is 25.3 Å². The molecule has 0 spiro atoms. The van der Waals surface area contributed by atoms with Crippen molar-refractivity contribution in [3.05, 3.63) is 30.0 Å². The summed E-state index contributed by atoms with van der Waals surface area (Å²) in [6, 6.07) is 8.23.